The molecule has 0 aliphatic carbocycles. The first-order chi connectivity index (χ1) is 13.0. The minimum atomic E-state index is -0.196. The first-order valence-corrected chi connectivity index (χ1v) is 9.74. The molecular weight excluding hydrogens is 346 g/mol. The Balaban J connectivity index is 1.41. The van der Waals surface area contributed by atoms with E-state index in [0.717, 1.165) is 57.6 Å². The fourth-order valence-corrected chi connectivity index (χ4v) is 3.74. The number of aromatic nitrogens is 1. The largest absolute Gasteiger partial charge is 0.495 e. The third-order valence-corrected chi connectivity index (χ3v) is 5.58. The van der Waals surface area contributed by atoms with E-state index in [1.165, 1.54) is 0 Å². The summed E-state index contributed by atoms with van der Waals surface area (Å²) in [5.74, 6) is 0.798. The number of carbonyl (C=O) groups is 2. The highest BCUT2D eigenvalue weighted by Gasteiger charge is 2.47. The van der Waals surface area contributed by atoms with Gasteiger partial charge in [0.1, 0.15) is 5.75 Å². The molecule has 27 heavy (non-hydrogen) atoms. The number of carbonyl (C=O) groups excluding carboxylic acids is 2. The number of hydrogen-bond acceptors (Lipinski definition) is 5. The van der Waals surface area contributed by atoms with Gasteiger partial charge in [-0.05, 0) is 31.4 Å². The summed E-state index contributed by atoms with van der Waals surface area (Å²) in [5, 5.41) is 0. The van der Waals surface area contributed by atoms with Gasteiger partial charge in [-0.1, -0.05) is 13.3 Å². The van der Waals surface area contributed by atoms with E-state index in [4.69, 9.17) is 9.47 Å². The normalized spacial score (nSPS) is 18.1. The second kappa shape index (κ2) is 8.59. The number of amides is 2. The molecule has 1 aromatic rings. The maximum absolute atomic E-state index is 12.5. The highest BCUT2D eigenvalue weighted by atomic mass is 16.6. The van der Waals surface area contributed by atoms with Gasteiger partial charge >= 0.3 is 6.09 Å². The van der Waals surface area contributed by atoms with Gasteiger partial charge in [0.05, 0.1) is 26.3 Å². The Kier molecular flexibility index (Phi) is 6.19. The summed E-state index contributed by atoms with van der Waals surface area (Å²) in [5.41, 5.74) is 0.921. The zero-order chi connectivity index (χ0) is 19.3. The van der Waals surface area contributed by atoms with Gasteiger partial charge in [-0.2, -0.15) is 0 Å². The zero-order valence-corrected chi connectivity index (χ0v) is 16.3. The summed E-state index contributed by atoms with van der Waals surface area (Å²) in [4.78, 5) is 32.5. The minimum Gasteiger partial charge on any atom is -0.495 e. The van der Waals surface area contributed by atoms with Crippen LogP contribution in [0.5, 0.6) is 5.75 Å². The molecule has 2 saturated heterocycles. The molecule has 7 heteroatoms. The van der Waals surface area contributed by atoms with Crippen molar-refractivity contribution in [3.63, 3.8) is 0 Å². The van der Waals surface area contributed by atoms with Gasteiger partial charge in [0.25, 0.3) is 0 Å². The van der Waals surface area contributed by atoms with Crippen LogP contribution in [-0.2, 0) is 16.0 Å². The Hall–Kier alpha value is -2.31. The molecule has 0 saturated carbocycles. The zero-order valence-electron chi connectivity index (χ0n) is 16.3. The standard InChI is InChI=1S/C20H29N3O4/c1-3-4-11-27-19(25)23-14-20(15-23)7-9-22(10-8-20)18(24)12-16-5-6-17(26-2)13-21-16/h5-6,13H,3-4,7-12,14-15H2,1-2H3. The van der Waals surface area contributed by atoms with Crippen molar-refractivity contribution in [1.82, 2.24) is 14.8 Å². The molecule has 2 fully saturated rings. The van der Waals surface area contributed by atoms with Crippen LogP contribution in [-0.4, -0.2) is 66.7 Å². The average Bonchev–Trinajstić information content (AvgIpc) is 2.67. The summed E-state index contributed by atoms with van der Waals surface area (Å²) in [6.07, 6.45) is 5.56. The Morgan fingerprint density at radius 1 is 1.19 bits per heavy atom. The number of piperidine rings is 1. The average molecular weight is 375 g/mol. The number of likely N-dealkylation sites (tertiary alicyclic amines) is 2. The van der Waals surface area contributed by atoms with Crippen molar-refractivity contribution in [3.8, 4) is 5.75 Å². The van der Waals surface area contributed by atoms with Crippen LogP contribution in [0.3, 0.4) is 0 Å². The molecule has 0 aromatic carbocycles. The molecule has 2 aliphatic rings. The van der Waals surface area contributed by atoms with Gasteiger partial charge in [0.15, 0.2) is 0 Å². The minimum absolute atomic E-state index is 0.109. The SMILES string of the molecule is CCCCOC(=O)N1CC2(CCN(C(=O)Cc3ccc(OC)cn3)CC2)C1. The molecule has 3 heterocycles. The van der Waals surface area contributed by atoms with Gasteiger partial charge in [-0.15, -0.1) is 0 Å². The number of nitrogens with zero attached hydrogens (tertiary/aromatic N) is 3. The van der Waals surface area contributed by atoms with Crippen LogP contribution in [0.25, 0.3) is 0 Å². The molecule has 0 N–H and O–H groups in total. The van der Waals surface area contributed by atoms with Crippen LogP contribution >= 0.6 is 0 Å². The molecule has 148 valence electrons. The van der Waals surface area contributed by atoms with Crippen LogP contribution in [0.1, 0.15) is 38.3 Å². The molecule has 0 atom stereocenters. The lowest BCUT2D eigenvalue weighted by Gasteiger charge is -2.53. The Bertz CT molecular complexity index is 646. The maximum atomic E-state index is 12.5. The molecule has 2 amide bonds. The van der Waals surface area contributed by atoms with Crippen molar-refractivity contribution in [2.45, 2.75) is 39.0 Å². The smallest absolute Gasteiger partial charge is 0.409 e. The second-order valence-corrected chi connectivity index (χ2v) is 7.57. The van der Waals surface area contributed by atoms with Crippen molar-refractivity contribution in [2.24, 2.45) is 5.41 Å². The van der Waals surface area contributed by atoms with Crippen LogP contribution in [0.2, 0.25) is 0 Å². The van der Waals surface area contributed by atoms with E-state index in [1.54, 1.807) is 18.2 Å². The number of methoxy groups -OCH3 is 1. The van der Waals surface area contributed by atoms with E-state index in [9.17, 15) is 9.59 Å². The summed E-state index contributed by atoms with van der Waals surface area (Å²) < 4.78 is 10.4. The molecule has 0 bridgehead atoms. The van der Waals surface area contributed by atoms with Gasteiger partial charge in [0, 0.05) is 37.3 Å². The van der Waals surface area contributed by atoms with Gasteiger partial charge in [-0.25, -0.2) is 4.79 Å². The first-order valence-electron chi connectivity index (χ1n) is 9.74. The molecular formula is C20H29N3O4. The van der Waals surface area contributed by atoms with E-state index >= 15 is 0 Å². The van der Waals surface area contributed by atoms with Crippen LogP contribution in [0.15, 0.2) is 18.3 Å². The predicted molar refractivity (Wildman–Crippen MR) is 101 cm³/mol. The summed E-state index contributed by atoms with van der Waals surface area (Å²) in [6.45, 7) is 5.56. The number of unbranched alkanes of at least 4 members (excludes halogenated alkanes) is 1. The Morgan fingerprint density at radius 3 is 2.52 bits per heavy atom. The van der Waals surface area contributed by atoms with Crippen molar-refractivity contribution < 1.29 is 19.1 Å². The van der Waals surface area contributed by atoms with E-state index in [-0.39, 0.29) is 17.4 Å². The third kappa shape index (κ3) is 4.70. The topological polar surface area (TPSA) is 72.0 Å². The molecule has 3 rings (SSSR count). The number of rotatable bonds is 6. The molecule has 1 spiro atoms. The van der Waals surface area contributed by atoms with E-state index in [2.05, 4.69) is 11.9 Å². The van der Waals surface area contributed by atoms with Crippen molar-refractivity contribution in [3.05, 3.63) is 24.0 Å². The van der Waals surface area contributed by atoms with Gasteiger partial charge in [-0.3, -0.25) is 9.78 Å². The molecule has 0 unspecified atom stereocenters. The van der Waals surface area contributed by atoms with Gasteiger partial charge < -0.3 is 19.3 Å². The quantitative estimate of drug-likeness (QED) is 0.715. The van der Waals surface area contributed by atoms with Crippen molar-refractivity contribution in [2.75, 3.05) is 39.9 Å². The van der Waals surface area contributed by atoms with Gasteiger partial charge in [0.2, 0.25) is 5.91 Å². The van der Waals surface area contributed by atoms with Crippen molar-refractivity contribution in [1.29, 1.82) is 0 Å². The van der Waals surface area contributed by atoms with Crippen LogP contribution < -0.4 is 4.74 Å². The highest BCUT2D eigenvalue weighted by Crippen LogP contribution is 2.40. The monoisotopic (exact) mass is 375 g/mol. The molecule has 7 nitrogen and oxygen atoms in total. The van der Waals surface area contributed by atoms with Crippen LogP contribution in [0, 0.1) is 5.41 Å². The van der Waals surface area contributed by atoms with Crippen molar-refractivity contribution >= 4 is 12.0 Å². The second-order valence-electron chi connectivity index (χ2n) is 7.57. The Labute approximate surface area is 160 Å². The fraction of sp³-hybridized carbons (Fsp3) is 0.650. The molecule has 0 radical (unpaired) electrons. The number of ether oxygens (including phenoxy) is 2. The highest BCUT2D eigenvalue weighted by molar-refractivity contribution is 5.78. The number of hydrogen-bond donors (Lipinski definition) is 0. The summed E-state index contributed by atoms with van der Waals surface area (Å²) in [7, 11) is 1.60. The summed E-state index contributed by atoms with van der Waals surface area (Å²) >= 11 is 0. The fourth-order valence-electron chi connectivity index (χ4n) is 3.74. The van der Waals surface area contributed by atoms with E-state index < -0.39 is 0 Å². The van der Waals surface area contributed by atoms with E-state index in [1.807, 2.05) is 17.0 Å². The number of pyridine rings is 1. The van der Waals surface area contributed by atoms with Crippen LogP contribution in [0.4, 0.5) is 4.79 Å². The lowest BCUT2D eigenvalue weighted by molar-refractivity contribution is -0.135. The Morgan fingerprint density at radius 2 is 1.93 bits per heavy atom. The first kappa shape index (κ1) is 19.5. The lowest BCUT2D eigenvalue weighted by atomic mass is 9.72. The third-order valence-electron chi connectivity index (χ3n) is 5.58. The van der Waals surface area contributed by atoms with E-state index in [0.29, 0.717) is 18.8 Å². The molecule has 2 aliphatic heterocycles. The lowest BCUT2D eigenvalue weighted by Crippen LogP contribution is -2.62. The molecule has 1 aromatic heterocycles. The summed E-state index contributed by atoms with van der Waals surface area (Å²) in [6, 6.07) is 3.65. The maximum Gasteiger partial charge on any atom is 0.409 e. The predicted octanol–water partition coefficient (Wildman–Crippen LogP) is 2.49.